The van der Waals surface area contributed by atoms with Crippen molar-refractivity contribution in [2.75, 3.05) is 31.6 Å². The van der Waals surface area contributed by atoms with Gasteiger partial charge in [-0.3, -0.25) is 0 Å². The van der Waals surface area contributed by atoms with Gasteiger partial charge in [-0.2, -0.15) is 0 Å². The maximum absolute atomic E-state index is 11.9. The lowest BCUT2D eigenvalue weighted by Gasteiger charge is -2.37. The second-order valence-corrected chi connectivity index (χ2v) is 5.58. The molecule has 116 valence electrons. The van der Waals surface area contributed by atoms with Crippen molar-refractivity contribution in [2.24, 2.45) is 0 Å². The number of urea groups is 1. The number of hydrogen-bond acceptors (Lipinski definition) is 4. The normalized spacial score (nSPS) is 15.9. The van der Waals surface area contributed by atoms with E-state index in [0.29, 0.717) is 12.6 Å². The first-order valence-electron chi connectivity index (χ1n) is 7.59. The van der Waals surface area contributed by atoms with Gasteiger partial charge < -0.3 is 15.1 Å². The molecule has 21 heavy (non-hydrogen) atoms. The molecular weight excluding hydrogens is 266 g/mol. The van der Waals surface area contributed by atoms with E-state index >= 15 is 0 Å². The molecule has 2 rings (SSSR count). The van der Waals surface area contributed by atoms with Gasteiger partial charge in [0.25, 0.3) is 0 Å². The van der Waals surface area contributed by atoms with Gasteiger partial charge in [0, 0.05) is 44.5 Å². The Morgan fingerprint density at radius 1 is 1.38 bits per heavy atom. The number of aromatic nitrogens is 2. The zero-order valence-electron chi connectivity index (χ0n) is 13.4. The molecule has 1 saturated heterocycles. The van der Waals surface area contributed by atoms with Gasteiger partial charge in [-0.25, -0.2) is 14.8 Å². The van der Waals surface area contributed by atoms with Crippen LogP contribution in [-0.4, -0.2) is 53.6 Å². The molecule has 0 unspecified atom stereocenters. The molecule has 0 spiro atoms. The highest BCUT2D eigenvalue weighted by atomic mass is 16.2. The number of nitrogens with zero attached hydrogens (tertiary/aromatic N) is 4. The van der Waals surface area contributed by atoms with Crippen molar-refractivity contribution in [2.45, 2.75) is 39.7 Å². The number of piperidine rings is 1. The molecule has 0 saturated carbocycles. The van der Waals surface area contributed by atoms with E-state index in [1.807, 2.05) is 38.8 Å². The summed E-state index contributed by atoms with van der Waals surface area (Å²) < 4.78 is 0. The SMILES string of the molecule is CCNC(=O)N(C)C1CCN(c2cc(C)nc(C)n2)CC1. The van der Waals surface area contributed by atoms with Crippen LogP contribution in [0.1, 0.15) is 31.3 Å². The van der Waals surface area contributed by atoms with Crippen LogP contribution in [0.25, 0.3) is 0 Å². The minimum absolute atomic E-state index is 0.0182. The molecule has 0 aliphatic carbocycles. The number of anilines is 1. The Hall–Kier alpha value is -1.85. The summed E-state index contributed by atoms with van der Waals surface area (Å²) in [6.45, 7) is 8.37. The topological polar surface area (TPSA) is 61.4 Å². The first kappa shape index (κ1) is 15.5. The van der Waals surface area contributed by atoms with Gasteiger partial charge in [-0.1, -0.05) is 0 Å². The highest BCUT2D eigenvalue weighted by Crippen LogP contribution is 2.21. The molecule has 6 heteroatoms. The fourth-order valence-electron chi connectivity index (χ4n) is 2.78. The third kappa shape index (κ3) is 3.83. The Labute approximate surface area is 126 Å². The number of hydrogen-bond donors (Lipinski definition) is 1. The van der Waals surface area contributed by atoms with Crippen LogP contribution in [0.5, 0.6) is 0 Å². The average Bonchev–Trinajstić information content (AvgIpc) is 2.46. The zero-order chi connectivity index (χ0) is 15.4. The fraction of sp³-hybridized carbons (Fsp3) is 0.667. The lowest BCUT2D eigenvalue weighted by atomic mass is 10.0. The van der Waals surface area contributed by atoms with Crippen molar-refractivity contribution in [3.8, 4) is 0 Å². The van der Waals surface area contributed by atoms with E-state index in [4.69, 9.17) is 0 Å². The smallest absolute Gasteiger partial charge is 0.317 e. The van der Waals surface area contributed by atoms with Crippen LogP contribution in [0.4, 0.5) is 10.6 Å². The van der Waals surface area contributed by atoms with Gasteiger partial charge in [-0.15, -0.1) is 0 Å². The quantitative estimate of drug-likeness (QED) is 0.921. The average molecular weight is 291 g/mol. The highest BCUT2D eigenvalue weighted by molar-refractivity contribution is 5.74. The van der Waals surface area contributed by atoms with E-state index in [2.05, 4.69) is 20.2 Å². The van der Waals surface area contributed by atoms with Gasteiger partial charge in [0.2, 0.25) is 0 Å². The first-order valence-corrected chi connectivity index (χ1v) is 7.59. The number of rotatable bonds is 3. The van der Waals surface area contributed by atoms with Crippen LogP contribution in [0.15, 0.2) is 6.07 Å². The molecule has 0 radical (unpaired) electrons. The molecule has 1 aliphatic heterocycles. The summed E-state index contributed by atoms with van der Waals surface area (Å²) >= 11 is 0. The molecule has 1 aliphatic rings. The molecular formula is C15H25N5O. The number of carbonyl (C=O) groups is 1. The fourth-order valence-corrected chi connectivity index (χ4v) is 2.78. The first-order chi connectivity index (χ1) is 10.0. The van der Waals surface area contributed by atoms with E-state index in [0.717, 1.165) is 43.3 Å². The van der Waals surface area contributed by atoms with Crippen LogP contribution >= 0.6 is 0 Å². The van der Waals surface area contributed by atoms with Crippen molar-refractivity contribution < 1.29 is 4.79 Å². The van der Waals surface area contributed by atoms with Gasteiger partial charge in [0.05, 0.1) is 0 Å². The van der Waals surface area contributed by atoms with Crippen molar-refractivity contribution >= 4 is 11.8 Å². The summed E-state index contributed by atoms with van der Waals surface area (Å²) in [5.41, 5.74) is 0.999. The van der Waals surface area contributed by atoms with Crippen LogP contribution in [0.3, 0.4) is 0 Å². The summed E-state index contributed by atoms with van der Waals surface area (Å²) in [5, 5.41) is 2.85. The molecule has 1 fully saturated rings. The minimum Gasteiger partial charge on any atom is -0.356 e. The van der Waals surface area contributed by atoms with Crippen molar-refractivity contribution in [1.29, 1.82) is 0 Å². The molecule has 2 amide bonds. The number of carbonyl (C=O) groups excluding carboxylic acids is 1. The molecule has 1 N–H and O–H groups in total. The predicted molar refractivity (Wildman–Crippen MR) is 83.6 cm³/mol. The Morgan fingerprint density at radius 3 is 2.62 bits per heavy atom. The molecule has 1 aromatic heterocycles. The molecule has 0 bridgehead atoms. The van der Waals surface area contributed by atoms with E-state index in [9.17, 15) is 4.79 Å². The second-order valence-electron chi connectivity index (χ2n) is 5.58. The van der Waals surface area contributed by atoms with Gasteiger partial charge in [-0.05, 0) is 33.6 Å². The third-order valence-electron chi connectivity index (χ3n) is 3.94. The van der Waals surface area contributed by atoms with Crippen molar-refractivity contribution in [1.82, 2.24) is 20.2 Å². The third-order valence-corrected chi connectivity index (χ3v) is 3.94. The number of nitrogens with one attached hydrogen (secondary N) is 1. The largest absolute Gasteiger partial charge is 0.356 e. The maximum Gasteiger partial charge on any atom is 0.317 e. The summed E-state index contributed by atoms with van der Waals surface area (Å²) in [7, 11) is 1.88. The van der Waals surface area contributed by atoms with Crippen molar-refractivity contribution in [3.05, 3.63) is 17.6 Å². The minimum atomic E-state index is 0.0182. The Kier molecular flexibility index (Phi) is 4.98. The van der Waals surface area contributed by atoms with E-state index in [-0.39, 0.29) is 6.03 Å². The van der Waals surface area contributed by atoms with E-state index in [1.54, 1.807) is 0 Å². The molecule has 0 aromatic carbocycles. The Morgan fingerprint density at radius 2 is 2.05 bits per heavy atom. The van der Waals surface area contributed by atoms with E-state index < -0.39 is 0 Å². The maximum atomic E-state index is 11.9. The van der Waals surface area contributed by atoms with Crippen LogP contribution in [-0.2, 0) is 0 Å². The Bertz CT molecular complexity index is 477. The van der Waals surface area contributed by atoms with Crippen LogP contribution in [0.2, 0.25) is 0 Å². The summed E-state index contributed by atoms with van der Waals surface area (Å²) in [5.74, 6) is 1.81. The van der Waals surface area contributed by atoms with Gasteiger partial charge >= 0.3 is 6.03 Å². The lowest BCUT2D eigenvalue weighted by Crippen LogP contribution is -2.49. The van der Waals surface area contributed by atoms with Crippen LogP contribution < -0.4 is 10.2 Å². The van der Waals surface area contributed by atoms with Gasteiger partial charge in [0.15, 0.2) is 0 Å². The number of aryl methyl sites for hydroxylation is 2. The lowest BCUT2D eigenvalue weighted by molar-refractivity contribution is 0.180. The van der Waals surface area contributed by atoms with E-state index in [1.165, 1.54) is 0 Å². The van der Waals surface area contributed by atoms with Crippen molar-refractivity contribution in [3.63, 3.8) is 0 Å². The molecule has 0 atom stereocenters. The van der Waals surface area contributed by atoms with Gasteiger partial charge in [0.1, 0.15) is 11.6 Å². The summed E-state index contributed by atoms with van der Waals surface area (Å²) in [6.07, 6.45) is 1.94. The highest BCUT2D eigenvalue weighted by Gasteiger charge is 2.25. The molecule has 6 nitrogen and oxygen atoms in total. The van der Waals surface area contributed by atoms with Crippen LogP contribution in [0, 0.1) is 13.8 Å². The number of amides is 2. The second kappa shape index (κ2) is 6.74. The predicted octanol–water partition coefficient (Wildman–Crippen LogP) is 1.72. The summed E-state index contributed by atoms with van der Waals surface area (Å²) in [6, 6.07) is 2.35. The zero-order valence-corrected chi connectivity index (χ0v) is 13.4. The molecule has 1 aromatic rings. The summed E-state index contributed by atoms with van der Waals surface area (Å²) in [4.78, 5) is 24.8. The molecule has 2 heterocycles. The Balaban J connectivity index is 1.95. The monoisotopic (exact) mass is 291 g/mol. The standard InChI is InChI=1S/C15H25N5O/c1-5-16-15(21)19(4)13-6-8-20(9-7-13)14-10-11(2)17-12(3)18-14/h10,13H,5-9H2,1-4H3,(H,16,21).